The largest absolute Gasteiger partial charge is 0.490 e. The number of ether oxygens (including phenoxy) is 3. The average molecular weight is 548 g/mol. The number of amides is 1. The quantitative estimate of drug-likeness (QED) is 0.192. The highest BCUT2D eigenvalue weighted by Gasteiger charge is 2.59. The van der Waals surface area contributed by atoms with Crippen LogP contribution in [0.2, 0.25) is 0 Å². The molecule has 4 aromatic rings. The molecule has 0 aromatic heterocycles. The molecule has 0 fully saturated rings. The molecule has 6 nitrogen and oxygen atoms in total. The summed E-state index contributed by atoms with van der Waals surface area (Å²) in [6, 6.07) is 31.4. The summed E-state index contributed by atoms with van der Waals surface area (Å²) in [5.41, 5.74) is 2.69. The van der Waals surface area contributed by atoms with Gasteiger partial charge < -0.3 is 14.2 Å². The molecule has 0 saturated heterocycles. The highest BCUT2D eigenvalue weighted by Crippen LogP contribution is 2.59. The number of hydrogen-bond donors (Lipinski definition) is 0. The molecule has 1 atom stereocenters. The van der Waals surface area contributed by atoms with Gasteiger partial charge in [-0.25, -0.2) is 0 Å². The van der Waals surface area contributed by atoms with Gasteiger partial charge in [-0.15, -0.1) is 0 Å². The smallest absolute Gasteiger partial charge is 0.308 e. The van der Waals surface area contributed by atoms with Gasteiger partial charge in [0.25, 0.3) is 0 Å². The maximum Gasteiger partial charge on any atom is 0.308 e. The van der Waals surface area contributed by atoms with Gasteiger partial charge in [-0.05, 0) is 49.6 Å². The molecule has 1 unspecified atom stereocenters. The fourth-order valence-corrected chi connectivity index (χ4v) is 6.45. The standard InChI is InChI=1S/C35H33NO5/c1-5-39-30-21-29-27(20-31(30)40-23(2)37)35(22-34(3,4)41-29)26-18-12-13-19-28(26)36(33(35)38)32(24-14-8-6-9-15-24)25-16-10-7-11-17-25/h6-21,32H,5,22H2,1-4H3. The summed E-state index contributed by atoms with van der Waals surface area (Å²) >= 11 is 0. The van der Waals surface area contributed by atoms with Crippen molar-refractivity contribution in [2.45, 2.75) is 51.2 Å². The molecule has 0 saturated carbocycles. The second kappa shape index (κ2) is 10.1. The summed E-state index contributed by atoms with van der Waals surface area (Å²) in [5.74, 6) is 0.696. The number of carbonyl (C=O) groups is 2. The maximum absolute atomic E-state index is 15.3. The third kappa shape index (κ3) is 4.44. The summed E-state index contributed by atoms with van der Waals surface area (Å²) in [7, 11) is 0. The molecular formula is C35H33NO5. The number of esters is 1. The third-order valence-electron chi connectivity index (χ3n) is 7.83. The van der Waals surface area contributed by atoms with Crippen LogP contribution in [0.3, 0.4) is 0 Å². The number of hydrogen-bond acceptors (Lipinski definition) is 5. The zero-order chi connectivity index (χ0) is 28.8. The normalized spacial score (nSPS) is 18.6. The monoisotopic (exact) mass is 547 g/mol. The van der Waals surface area contributed by atoms with E-state index in [-0.39, 0.29) is 17.7 Å². The first-order valence-electron chi connectivity index (χ1n) is 14.0. The van der Waals surface area contributed by atoms with Gasteiger partial charge in [0.1, 0.15) is 16.8 Å². The molecule has 2 heterocycles. The number of nitrogens with zero attached hydrogens (tertiary/aromatic N) is 1. The number of fused-ring (bicyclic) bond motifs is 4. The van der Waals surface area contributed by atoms with E-state index in [9.17, 15) is 4.79 Å². The first kappa shape index (κ1) is 26.6. The van der Waals surface area contributed by atoms with Crippen LogP contribution in [-0.4, -0.2) is 24.1 Å². The van der Waals surface area contributed by atoms with E-state index in [1.54, 1.807) is 12.1 Å². The molecule has 208 valence electrons. The summed E-state index contributed by atoms with van der Waals surface area (Å²) in [5, 5.41) is 0. The maximum atomic E-state index is 15.3. The highest BCUT2D eigenvalue weighted by molar-refractivity contribution is 6.12. The van der Waals surface area contributed by atoms with Crippen molar-refractivity contribution < 1.29 is 23.8 Å². The first-order valence-corrected chi connectivity index (χ1v) is 14.0. The number of para-hydroxylation sites is 1. The van der Waals surface area contributed by atoms with E-state index in [2.05, 4.69) is 24.3 Å². The van der Waals surface area contributed by atoms with Crippen LogP contribution >= 0.6 is 0 Å². The van der Waals surface area contributed by atoms with E-state index < -0.39 is 17.0 Å². The van der Waals surface area contributed by atoms with Crippen LogP contribution in [-0.2, 0) is 15.0 Å². The Morgan fingerprint density at radius 1 is 0.878 bits per heavy atom. The Labute approximate surface area is 240 Å². The highest BCUT2D eigenvalue weighted by atomic mass is 16.6. The lowest BCUT2D eigenvalue weighted by Gasteiger charge is -2.44. The van der Waals surface area contributed by atoms with E-state index in [0.717, 1.165) is 22.4 Å². The lowest BCUT2D eigenvalue weighted by atomic mass is 9.67. The van der Waals surface area contributed by atoms with Gasteiger partial charge in [0.2, 0.25) is 5.91 Å². The topological polar surface area (TPSA) is 65.1 Å². The van der Waals surface area contributed by atoms with Gasteiger partial charge in [0, 0.05) is 30.7 Å². The van der Waals surface area contributed by atoms with Crippen molar-refractivity contribution in [1.82, 2.24) is 0 Å². The minimum Gasteiger partial charge on any atom is -0.490 e. The van der Waals surface area contributed by atoms with Gasteiger partial charge in [0.05, 0.1) is 12.6 Å². The van der Waals surface area contributed by atoms with Crippen molar-refractivity contribution in [3.05, 3.63) is 119 Å². The van der Waals surface area contributed by atoms with Gasteiger partial charge in [0.15, 0.2) is 11.5 Å². The van der Waals surface area contributed by atoms with Crippen LogP contribution in [0.25, 0.3) is 0 Å². The van der Waals surface area contributed by atoms with Crippen molar-refractivity contribution in [3.63, 3.8) is 0 Å². The Morgan fingerprint density at radius 2 is 1.49 bits per heavy atom. The molecule has 0 aliphatic carbocycles. The predicted molar refractivity (Wildman–Crippen MR) is 158 cm³/mol. The second-order valence-corrected chi connectivity index (χ2v) is 11.2. The third-order valence-corrected chi connectivity index (χ3v) is 7.83. The van der Waals surface area contributed by atoms with E-state index in [4.69, 9.17) is 14.2 Å². The Kier molecular flexibility index (Phi) is 6.57. The number of carbonyl (C=O) groups excluding carboxylic acids is 2. The Bertz CT molecular complexity index is 1580. The van der Waals surface area contributed by atoms with Crippen LogP contribution in [0, 0.1) is 0 Å². The van der Waals surface area contributed by atoms with Crippen LogP contribution in [0.5, 0.6) is 17.2 Å². The SMILES string of the molecule is CCOc1cc2c(cc1OC(C)=O)C1(CC(C)(C)O2)C(=O)N(C(c2ccccc2)c2ccccc2)c2ccccc21. The van der Waals surface area contributed by atoms with Gasteiger partial charge >= 0.3 is 5.97 Å². The zero-order valence-corrected chi connectivity index (χ0v) is 23.7. The van der Waals surface area contributed by atoms with E-state index >= 15 is 4.79 Å². The molecule has 0 radical (unpaired) electrons. The molecule has 0 bridgehead atoms. The first-order chi connectivity index (χ1) is 19.7. The lowest BCUT2D eigenvalue weighted by Crippen LogP contribution is -2.51. The van der Waals surface area contributed by atoms with Crippen LogP contribution in [0.4, 0.5) is 5.69 Å². The minimum absolute atomic E-state index is 0.0491. The fraction of sp³-hybridized carbons (Fsp3) is 0.257. The van der Waals surface area contributed by atoms with E-state index in [1.807, 2.05) is 86.3 Å². The molecular weight excluding hydrogens is 514 g/mol. The Morgan fingerprint density at radius 3 is 2.10 bits per heavy atom. The molecule has 41 heavy (non-hydrogen) atoms. The van der Waals surface area contributed by atoms with Crippen molar-refractivity contribution in [3.8, 4) is 17.2 Å². The predicted octanol–water partition coefficient (Wildman–Crippen LogP) is 6.99. The molecule has 6 heteroatoms. The lowest BCUT2D eigenvalue weighted by molar-refractivity contribution is -0.132. The number of rotatable bonds is 6. The fourth-order valence-electron chi connectivity index (χ4n) is 6.45. The van der Waals surface area contributed by atoms with E-state index in [1.165, 1.54) is 6.92 Å². The van der Waals surface area contributed by atoms with Crippen LogP contribution in [0.15, 0.2) is 97.1 Å². The molecule has 4 aromatic carbocycles. The zero-order valence-electron chi connectivity index (χ0n) is 23.7. The number of anilines is 1. The molecule has 2 aliphatic rings. The summed E-state index contributed by atoms with van der Waals surface area (Å²) < 4.78 is 17.9. The minimum atomic E-state index is -1.07. The molecule has 1 amide bonds. The van der Waals surface area contributed by atoms with Gasteiger partial charge in [-0.3, -0.25) is 14.5 Å². The summed E-state index contributed by atoms with van der Waals surface area (Å²) in [6.45, 7) is 7.61. The van der Waals surface area contributed by atoms with Crippen LogP contribution in [0.1, 0.15) is 62.4 Å². The van der Waals surface area contributed by atoms with Gasteiger partial charge in [-0.1, -0.05) is 78.9 Å². The molecule has 2 aliphatic heterocycles. The summed E-state index contributed by atoms with van der Waals surface area (Å²) in [6.07, 6.45) is 0.406. The van der Waals surface area contributed by atoms with Crippen LogP contribution < -0.4 is 19.1 Å². The Hall–Kier alpha value is -4.58. The van der Waals surface area contributed by atoms with E-state index in [0.29, 0.717) is 30.1 Å². The Balaban J connectivity index is 1.62. The van der Waals surface area contributed by atoms with Gasteiger partial charge in [-0.2, -0.15) is 0 Å². The van der Waals surface area contributed by atoms with Crippen molar-refractivity contribution in [2.24, 2.45) is 0 Å². The van der Waals surface area contributed by atoms with Crippen molar-refractivity contribution in [2.75, 3.05) is 11.5 Å². The summed E-state index contributed by atoms with van der Waals surface area (Å²) in [4.78, 5) is 29.3. The molecule has 0 N–H and O–H groups in total. The van der Waals surface area contributed by atoms with Crippen molar-refractivity contribution >= 4 is 17.6 Å². The molecule has 1 spiro atoms. The van der Waals surface area contributed by atoms with Crippen molar-refractivity contribution in [1.29, 1.82) is 0 Å². The number of benzene rings is 4. The second-order valence-electron chi connectivity index (χ2n) is 11.2. The average Bonchev–Trinajstić information content (AvgIpc) is 3.18. The molecule has 6 rings (SSSR count).